The Labute approximate surface area is 338 Å². The van der Waals surface area contributed by atoms with Gasteiger partial charge in [0, 0.05) is 27.2 Å². The molecule has 296 valence electrons. The average Bonchev–Trinajstić information content (AvgIpc) is 3.27. The maximum absolute atomic E-state index is 12.6. The van der Waals surface area contributed by atoms with Crippen LogP contribution in [0.2, 0.25) is 0 Å². The van der Waals surface area contributed by atoms with E-state index in [9.17, 15) is 14.4 Å². The minimum atomic E-state index is -0.846. The van der Waals surface area contributed by atoms with Crippen molar-refractivity contribution >= 4 is 18.2 Å². The second-order valence-electron chi connectivity index (χ2n) is 13.2. The van der Waals surface area contributed by atoms with Gasteiger partial charge >= 0.3 is 18.2 Å². The molecule has 0 aliphatic carbocycles. The van der Waals surface area contributed by atoms with Crippen LogP contribution in [0.4, 0.5) is 14.4 Å². The lowest BCUT2D eigenvalue weighted by molar-refractivity contribution is 0.152. The second-order valence-corrected chi connectivity index (χ2v) is 13.2. The second kappa shape index (κ2) is 20.6. The molecule has 11 nitrogen and oxygen atoms in total. The van der Waals surface area contributed by atoms with Crippen molar-refractivity contribution in [2.75, 3.05) is 40.4 Å². The Morgan fingerprint density at radius 3 is 1.05 bits per heavy atom. The molecule has 0 radical (unpaired) electrons. The van der Waals surface area contributed by atoms with Crippen LogP contribution in [0.3, 0.4) is 0 Å². The van der Waals surface area contributed by atoms with Crippen molar-refractivity contribution in [1.29, 1.82) is 0 Å². The van der Waals surface area contributed by atoms with E-state index in [4.69, 9.17) is 18.9 Å². The standard InChI is InChI=1S/C47H46N4O7/c1-48-45(52)50(33-35-9-5-3-6-10-35)29-31-55-41-21-13-37(14-22-41)39-17-25-43(26-18-39)57-47(54)58-44-27-19-40(20-28-44)38-15-23-42(24-16-38)56-32-30-51(46(53)49-2)34-36-11-7-4-8-12-36/h3-28H,29-34H2,1-2H3,(H,48,52)(H,49,53). The van der Waals surface area contributed by atoms with Crippen molar-refractivity contribution in [2.24, 2.45) is 0 Å². The summed E-state index contributed by atoms with van der Waals surface area (Å²) in [6.45, 7) is 2.52. The third-order valence-electron chi connectivity index (χ3n) is 9.18. The van der Waals surface area contributed by atoms with Crippen molar-refractivity contribution in [2.45, 2.75) is 13.1 Å². The molecular weight excluding hydrogens is 733 g/mol. The van der Waals surface area contributed by atoms with Crippen LogP contribution in [0.5, 0.6) is 23.0 Å². The maximum atomic E-state index is 12.6. The van der Waals surface area contributed by atoms with E-state index in [1.54, 1.807) is 48.2 Å². The van der Waals surface area contributed by atoms with E-state index >= 15 is 0 Å². The topological polar surface area (TPSA) is 119 Å². The average molecular weight is 779 g/mol. The largest absolute Gasteiger partial charge is 0.519 e. The van der Waals surface area contributed by atoms with Crippen molar-refractivity contribution in [1.82, 2.24) is 20.4 Å². The van der Waals surface area contributed by atoms with Crippen LogP contribution in [-0.4, -0.2) is 68.4 Å². The molecule has 0 unspecified atom stereocenters. The zero-order valence-electron chi connectivity index (χ0n) is 32.5. The molecule has 0 aromatic heterocycles. The third kappa shape index (κ3) is 11.9. The van der Waals surface area contributed by atoms with E-state index in [1.807, 2.05) is 133 Å². The van der Waals surface area contributed by atoms with E-state index in [-0.39, 0.29) is 12.1 Å². The summed E-state index contributed by atoms with van der Waals surface area (Å²) in [4.78, 5) is 40.8. The highest BCUT2D eigenvalue weighted by Crippen LogP contribution is 2.27. The summed E-state index contributed by atoms with van der Waals surface area (Å²) in [6, 6.07) is 48.9. The van der Waals surface area contributed by atoms with E-state index in [0.717, 1.165) is 33.4 Å². The fourth-order valence-corrected chi connectivity index (χ4v) is 6.11. The first-order valence-electron chi connectivity index (χ1n) is 18.9. The first-order valence-corrected chi connectivity index (χ1v) is 18.9. The van der Waals surface area contributed by atoms with Crippen LogP contribution >= 0.6 is 0 Å². The Kier molecular flexibility index (Phi) is 14.3. The molecule has 6 rings (SSSR count). The molecular formula is C47H46N4O7. The van der Waals surface area contributed by atoms with E-state index < -0.39 is 6.16 Å². The fraction of sp³-hybridized carbons (Fsp3) is 0.170. The van der Waals surface area contributed by atoms with Crippen molar-refractivity contribution < 1.29 is 33.3 Å². The number of hydrogen-bond donors (Lipinski definition) is 2. The van der Waals surface area contributed by atoms with Crippen LogP contribution in [0.15, 0.2) is 158 Å². The van der Waals surface area contributed by atoms with Crippen LogP contribution in [0.1, 0.15) is 11.1 Å². The minimum Gasteiger partial charge on any atom is -0.492 e. The molecule has 0 aliphatic rings. The van der Waals surface area contributed by atoms with E-state index in [1.165, 1.54) is 0 Å². The van der Waals surface area contributed by atoms with Gasteiger partial charge in [-0.05, 0) is 81.9 Å². The van der Waals surface area contributed by atoms with Gasteiger partial charge < -0.3 is 39.4 Å². The lowest BCUT2D eigenvalue weighted by Crippen LogP contribution is -2.40. The number of hydrogen-bond acceptors (Lipinski definition) is 7. The molecule has 6 aromatic carbocycles. The third-order valence-corrected chi connectivity index (χ3v) is 9.18. The maximum Gasteiger partial charge on any atom is 0.519 e. The van der Waals surface area contributed by atoms with Crippen molar-refractivity contribution in [3.05, 3.63) is 169 Å². The molecule has 0 atom stereocenters. The summed E-state index contributed by atoms with van der Waals surface area (Å²) < 4.78 is 22.7. The van der Waals surface area contributed by atoms with Gasteiger partial charge in [0.05, 0.1) is 13.1 Å². The zero-order valence-corrected chi connectivity index (χ0v) is 32.5. The number of carbonyl (C=O) groups is 3. The number of benzene rings is 6. The van der Waals surface area contributed by atoms with Gasteiger partial charge in [-0.1, -0.05) is 109 Å². The summed E-state index contributed by atoms with van der Waals surface area (Å²) >= 11 is 0. The smallest absolute Gasteiger partial charge is 0.492 e. The molecule has 0 spiro atoms. The monoisotopic (exact) mass is 778 g/mol. The Bertz CT molecular complexity index is 2040. The van der Waals surface area contributed by atoms with Crippen LogP contribution in [0.25, 0.3) is 22.3 Å². The predicted octanol–water partition coefficient (Wildman–Crippen LogP) is 9.04. The molecule has 0 saturated carbocycles. The molecule has 0 bridgehead atoms. The minimum absolute atomic E-state index is 0.163. The molecule has 2 N–H and O–H groups in total. The van der Waals surface area contributed by atoms with Gasteiger partial charge in [-0.15, -0.1) is 0 Å². The molecule has 6 aromatic rings. The Morgan fingerprint density at radius 2 is 0.741 bits per heavy atom. The zero-order chi connectivity index (χ0) is 40.5. The molecule has 4 amide bonds. The Morgan fingerprint density at radius 1 is 0.431 bits per heavy atom. The van der Waals surface area contributed by atoms with E-state index in [0.29, 0.717) is 62.4 Å². The first-order chi connectivity index (χ1) is 28.4. The number of urea groups is 2. The van der Waals surface area contributed by atoms with Gasteiger partial charge in [0.25, 0.3) is 0 Å². The van der Waals surface area contributed by atoms with Crippen LogP contribution in [0, 0.1) is 0 Å². The Balaban J connectivity index is 0.931. The van der Waals surface area contributed by atoms with Gasteiger partial charge in [0.15, 0.2) is 0 Å². The summed E-state index contributed by atoms with van der Waals surface area (Å²) in [7, 11) is 3.23. The molecule has 0 heterocycles. The fourth-order valence-electron chi connectivity index (χ4n) is 6.11. The normalized spacial score (nSPS) is 10.5. The van der Waals surface area contributed by atoms with Gasteiger partial charge in [0.1, 0.15) is 36.2 Å². The molecule has 58 heavy (non-hydrogen) atoms. The van der Waals surface area contributed by atoms with Crippen LogP contribution in [-0.2, 0) is 13.1 Å². The first kappa shape index (κ1) is 40.4. The Hall–Kier alpha value is -7.27. The van der Waals surface area contributed by atoms with E-state index in [2.05, 4.69) is 10.6 Å². The quantitative estimate of drug-likeness (QED) is 0.0744. The van der Waals surface area contributed by atoms with Gasteiger partial charge in [-0.2, -0.15) is 0 Å². The number of amides is 4. The van der Waals surface area contributed by atoms with Gasteiger partial charge in [-0.25, -0.2) is 14.4 Å². The molecule has 0 saturated heterocycles. The SMILES string of the molecule is CNC(=O)N(CCOc1ccc(-c2ccc(OC(=O)Oc3ccc(-c4ccc(OCCN(Cc5ccccc5)C(=O)NC)cc4)cc3)cc2)cc1)Cc1ccccc1. The summed E-state index contributed by atoms with van der Waals surface area (Å²) in [5.74, 6) is 2.08. The number of carbonyl (C=O) groups excluding carboxylic acids is 3. The predicted molar refractivity (Wildman–Crippen MR) is 224 cm³/mol. The molecule has 0 aliphatic heterocycles. The number of nitrogens with zero attached hydrogens (tertiary/aromatic N) is 2. The highest BCUT2D eigenvalue weighted by molar-refractivity contribution is 5.74. The lowest BCUT2D eigenvalue weighted by atomic mass is 10.1. The summed E-state index contributed by atoms with van der Waals surface area (Å²) in [6.07, 6.45) is -0.846. The van der Waals surface area contributed by atoms with Gasteiger partial charge in [0.2, 0.25) is 0 Å². The van der Waals surface area contributed by atoms with Gasteiger partial charge in [-0.3, -0.25) is 0 Å². The molecule has 0 fully saturated rings. The molecule has 11 heteroatoms. The number of nitrogens with one attached hydrogen (secondary N) is 2. The van der Waals surface area contributed by atoms with Crippen LogP contribution < -0.4 is 29.6 Å². The van der Waals surface area contributed by atoms with Crippen molar-refractivity contribution in [3.63, 3.8) is 0 Å². The summed E-state index contributed by atoms with van der Waals surface area (Å²) in [5.41, 5.74) is 5.88. The highest BCUT2D eigenvalue weighted by atomic mass is 16.7. The summed E-state index contributed by atoms with van der Waals surface area (Å²) in [5, 5.41) is 5.38. The highest BCUT2D eigenvalue weighted by Gasteiger charge is 2.14. The van der Waals surface area contributed by atoms with Crippen molar-refractivity contribution in [3.8, 4) is 45.3 Å². The number of rotatable bonds is 16. The number of ether oxygens (including phenoxy) is 4. The lowest BCUT2D eigenvalue weighted by Gasteiger charge is -2.22.